The third kappa shape index (κ3) is 5.04. The second-order valence-corrected chi connectivity index (χ2v) is 5.50. The monoisotopic (exact) mass is 242 g/mol. The molecule has 2 N–H and O–H groups in total. The zero-order valence-corrected chi connectivity index (χ0v) is 11.5. The molecular weight excluding hydrogens is 216 g/mol. The van der Waals surface area contributed by atoms with Crippen LogP contribution in [-0.4, -0.2) is 36.7 Å². The molecule has 0 radical (unpaired) electrons. The molecule has 1 atom stereocenters. The summed E-state index contributed by atoms with van der Waals surface area (Å²) in [6.45, 7) is 9.70. The van der Waals surface area contributed by atoms with Crippen molar-refractivity contribution in [3.8, 4) is 0 Å². The van der Waals surface area contributed by atoms with E-state index in [1.165, 1.54) is 0 Å². The fourth-order valence-corrected chi connectivity index (χ4v) is 1.82. The Kier molecular flexibility index (Phi) is 5.40. The molecular formula is C13H26N2O2. The van der Waals surface area contributed by atoms with E-state index in [1.54, 1.807) is 0 Å². The van der Waals surface area contributed by atoms with Gasteiger partial charge in [0.05, 0.1) is 6.04 Å². The molecule has 1 saturated heterocycles. The summed E-state index contributed by atoms with van der Waals surface area (Å²) in [5, 5.41) is 6.44. The van der Waals surface area contributed by atoms with Gasteiger partial charge >= 0.3 is 0 Å². The van der Waals surface area contributed by atoms with Crippen molar-refractivity contribution in [1.29, 1.82) is 0 Å². The van der Waals surface area contributed by atoms with Gasteiger partial charge < -0.3 is 15.4 Å². The van der Waals surface area contributed by atoms with Gasteiger partial charge in [-0.05, 0) is 40.0 Å². The van der Waals surface area contributed by atoms with Crippen molar-refractivity contribution in [3.63, 3.8) is 0 Å². The van der Waals surface area contributed by atoms with Gasteiger partial charge in [0.1, 0.15) is 0 Å². The number of ether oxygens (including phenoxy) is 1. The summed E-state index contributed by atoms with van der Waals surface area (Å²) in [6, 6.07) is 0.276. The molecule has 1 amide bonds. The van der Waals surface area contributed by atoms with Gasteiger partial charge in [0.15, 0.2) is 0 Å². The largest absolute Gasteiger partial charge is 0.381 e. The van der Waals surface area contributed by atoms with Crippen molar-refractivity contribution in [1.82, 2.24) is 10.6 Å². The van der Waals surface area contributed by atoms with E-state index in [1.807, 2.05) is 20.8 Å². The van der Waals surface area contributed by atoms with E-state index in [0.29, 0.717) is 6.04 Å². The number of nitrogens with one attached hydrogen (secondary N) is 2. The molecule has 0 aliphatic carbocycles. The molecule has 0 aromatic carbocycles. The van der Waals surface area contributed by atoms with Gasteiger partial charge in [-0.1, -0.05) is 6.92 Å². The topological polar surface area (TPSA) is 50.4 Å². The molecule has 4 nitrogen and oxygen atoms in total. The van der Waals surface area contributed by atoms with Crippen LogP contribution in [0, 0.1) is 0 Å². The van der Waals surface area contributed by atoms with E-state index in [0.717, 1.165) is 32.5 Å². The molecule has 0 aromatic rings. The predicted molar refractivity (Wildman–Crippen MR) is 69.0 cm³/mol. The Bertz CT molecular complexity index is 248. The molecule has 1 unspecified atom stereocenters. The maximum Gasteiger partial charge on any atom is 0.237 e. The van der Waals surface area contributed by atoms with Crippen LogP contribution in [0.3, 0.4) is 0 Å². The zero-order valence-electron chi connectivity index (χ0n) is 11.5. The lowest BCUT2D eigenvalue weighted by Gasteiger charge is -2.30. The summed E-state index contributed by atoms with van der Waals surface area (Å²) in [4.78, 5) is 12.0. The first-order valence-corrected chi connectivity index (χ1v) is 6.60. The minimum Gasteiger partial charge on any atom is -0.381 e. The first kappa shape index (κ1) is 14.5. The first-order valence-electron chi connectivity index (χ1n) is 6.60. The van der Waals surface area contributed by atoms with Crippen molar-refractivity contribution in [2.45, 2.75) is 64.6 Å². The van der Waals surface area contributed by atoms with Crippen LogP contribution in [0.2, 0.25) is 0 Å². The van der Waals surface area contributed by atoms with Crippen LogP contribution in [0.1, 0.15) is 47.0 Å². The van der Waals surface area contributed by atoms with Gasteiger partial charge in [0.25, 0.3) is 0 Å². The van der Waals surface area contributed by atoms with Gasteiger partial charge in [-0.15, -0.1) is 0 Å². The summed E-state index contributed by atoms with van der Waals surface area (Å²) in [6.07, 6.45) is 2.92. The fraction of sp³-hybridized carbons (Fsp3) is 0.923. The van der Waals surface area contributed by atoms with Gasteiger partial charge in [-0.2, -0.15) is 0 Å². The lowest BCUT2D eigenvalue weighted by molar-refractivity contribution is -0.124. The molecule has 1 aliphatic rings. The highest BCUT2D eigenvalue weighted by Gasteiger charge is 2.24. The Balaban J connectivity index is 2.35. The van der Waals surface area contributed by atoms with Crippen LogP contribution in [0.5, 0.6) is 0 Å². The van der Waals surface area contributed by atoms with E-state index in [2.05, 4.69) is 17.6 Å². The number of amides is 1. The standard InChI is InChI=1S/C13H26N2O2/c1-5-13(3,4)15-12(16)10(2)14-11-6-8-17-9-7-11/h10-11,14H,5-9H2,1-4H3,(H,15,16). The summed E-state index contributed by atoms with van der Waals surface area (Å²) in [5.74, 6) is 0.0864. The average Bonchev–Trinajstić information content (AvgIpc) is 2.30. The summed E-state index contributed by atoms with van der Waals surface area (Å²) in [7, 11) is 0. The Labute approximate surface area is 104 Å². The van der Waals surface area contributed by atoms with Crippen LogP contribution < -0.4 is 10.6 Å². The number of hydrogen-bond acceptors (Lipinski definition) is 3. The molecule has 0 saturated carbocycles. The molecule has 1 aliphatic heterocycles. The van der Waals surface area contributed by atoms with Crippen molar-refractivity contribution in [2.75, 3.05) is 13.2 Å². The highest BCUT2D eigenvalue weighted by molar-refractivity contribution is 5.82. The summed E-state index contributed by atoms with van der Waals surface area (Å²) >= 11 is 0. The molecule has 100 valence electrons. The molecule has 0 bridgehead atoms. The molecule has 1 heterocycles. The van der Waals surface area contributed by atoms with Crippen LogP contribution in [-0.2, 0) is 9.53 Å². The number of hydrogen-bond donors (Lipinski definition) is 2. The Morgan fingerprint density at radius 2 is 2.00 bits per heavy atom. The van der Waals surface area contributed by atoms with Crippen LogP contribution in [0.4, 0.5) is 0 Å². The van der Waals surface area contributed by atoms with Gasteiger partial charge in [0.2, 0.25) is 5.91 Å². The predicted octanol–water partition coefficient (Wildman–Crippen LogP) is 1.45. The minimum absolute atomic E-state index is 0.0864. The van der Waals surface area contributed by atoms with Crippen LogP contribution >= 0.6 is 0 Å². The summed E-state index contributed by atoms with van der Waals surface area (Å²) < 4.78 is 5.30. The van der Waals surface area contributed by atoms with E-state index in [4.69, 9.17) is 4.74 Å². The Hall–Kier alpha value is -0.610. The Morgan fingerprint density at radius 1 is 1.41 bits per heavy atom. The molecule has 4 heteroatoms. The van der Waals surface area contributed by atoms with E-state index >= 15 is 0 Å². The van der Waals surface area contributed by atoms with Gasteiger partial charge in [0, 0.05) is 24.8 Å². The first-order chi connectivity index (χ1) is 7.94. The second kappa shape index (κ2) is 6.36. The SMILES string of the molecule is CCC(C)(C)NC(=O)C(C)NC1CCOCC1. The normalized spacial score (nSPS) is 20.0. The van der Waals surface area contributed by atoms with Gasteiger partial charge in [-0.3, -0.25) is 4.79 Å². The number of carbonyl (C=O) groups is 1. The van der Waals surface area contributed by atoms with Crippen LogP contribution in [0.15, 0.2) is 0 Å². The maximum atomic E-state index is 12.0. The van der Waals surface area contributed by atoms with Crippen molar-refractivity contribution in [3.05, 3.63) is 0 Å². The van der Waals surface area contributed by atoms with Gasteiger partial charge in [-0.25, -0.2) is 0 Å². The molecule has 17 heavy (non-hydrogen) atoms. The summed E-state index contributed by atoms with van der Waals surface area (Å²) in [5.41, 5.74) is -0.122. The highest BCUT2D eigenvalue weighted by Crippen LogP contribution is 2.09. The highest BCUT2D eigenvalue weighted by atomic mass is 16.5. The van der Waals surface area contributed by atoms with E-state index in [9.17, 15) is 4.79 Å². The van der Waals surface area contributed by atoms with Crippen molar-refractivity contribution < 1.29 is 9.53 Å². The minimum atomic E-state index is -0.135. The molecule has 1 rings (SSSR count). The lowest BCUT2D eigenvalue weighted by Crippen LogP contribution is -2.53. The van der Waals surface area contributed by atoms with Crippen LogP contribution in [0.25, 0.3) is 0 Å². The number of rotatable bonds is 5. The maximum absolute atomic E-state index is 12.0. The van der Waals surface area contributed by atoms with Crippen molar-refractivity contribution >= 4 is 5.91 Å². The molecule has 1 fully saturated rings. The quantitative estimate of drug-likeness (QED) is 0.767. The molecule has 0 spiro atoms. The van der Waals surface area contributed by atoms with Crippen molar-refractivity contribution in [2.24, 2.45) is 0 Å². The second-order valence-electron chi connectivity index (χ2n) is 5.50. The average molecular weight is 242 g/mol. The van der Waals surface area contributed by atoms with E-state index in [-0.39, 0.29) is 17.5 Å². The lowest BCUT2D eigenvalue weighted by atomic mass is 10.0. The fourth-order valence-electron chi connectivity index (χ4n) is 1.82. The smallest absolute Gasteiger partial charge is 0.237 e. The molecule has 0 aromatic heterocycles. The Morgan fingerprint density at radius 3 is 2.53 bits per heavy atom. The van der Waals surface area contributed by atoms with E-state index < -0.39 is 0 Å². The third-order valence-electron chi connectivity index (χ3n) is 3.45. The third-order valence-corrected chi connectivity index (χ3v) is 3.45. The number of carbonyl (C=O) groups excluding carboxylic acids is 1. The zero-order chi connectivity index (χ0) is 12.9.